The Hall–Kier alpha value is -3.79. The molecule has 1 aromatic heterocycles. The average Bonchev–Trinajstić information content (AvgIpc) is 2.80. The van der Waals surface area contributed by atoms with E-state index >= 15 is 0 Å². The van der Waals surface area contributed by atoms with E-state index < -0.39 is 17.6 Å². The summed E-state index contributed by atoms with van der Waals surface area (Å²) in [5.74, 6) is -0.358. The van der Waals surface area contributed by atoms with E-state index in [1.165, 1.54) is 12.1 Å². The number of hydrogen-bond donors (Lipinski definition) is 3. The van der Waals surface area contributed by atoms with Gasteiger partial charge in [0.25, 0.3) is 5.91 Å². The maximum atomic E-state index is 13.6. The fraction of sp³-hybridized carbons (Fsp3) is 0.217. The van der Waals surface area contributed by atoms with Crippen molar-refractivity contribution in [3.63, 3.8) is 0 Å². The van der Waals surface area contributed by atoms with Crippen LogP contribution in [0.1, 0.15) is 15.9 Å². The summed E-state index contributed by atoms with van der Waals surface area (Å²) < 4.78 is 46.4. The van der Waals surface area contributed by atoms with Crippen LogP contribution in [0.5, 0.6) is 11.6 Å². The lowest BCUT2D eigenvalue weighted by molar-refractivity contribution is -0.137. The lowest BCUT2D eigenvalue weighted by atomic mass is 10.1. The zero-order valence-electron chi connectivity index (χ0n) is 17.5. The number of nitrogens with two attached hydrogens (primary N) is 1. The number of halogens is 3. The molecule has 1 amide bonds. The predicted octanol–water partition coefficient (Wildman–Crippen LogP) is 4.14. The molecule has 10 heteroatoms. The zero-order chi connectivity index (χ0) is 23.4. The summed E-state index contributed by atoms with van der Waals surface area (Å²) >= 11 is 0. The lowest BCUT2D eigenvalue weighted by Gasteiger charge is -2.29. The summed E-state index contributed by atoms with van der Waals surface area (Å²) in [6.45, 7) is 3.59. The van der Waals surface area contributed by atoms with E-state index in [0.29, 0.717) is 11.9 Å². The van der Waals surface area contributed by atoms with E-state index in [1.54, 1.807) is 24.3 Å². The van der Waals surface area contributed by atoms with Gasteiger partial charge in [0.2, 0.25) is 5.88 Å². The molecule has 1 fully saturated rings. The number of hydrogen-bond acceptors (Lipinski definition) is 6. The Morgan fingerprint density at radius 2 is 1.76 bits per heavy atom. The number of nitrogens with one attached hydrogen (secondary N) is 2. The molecule has 0 atom stereocenters. The van der Waals surface area contributed by atoms with Gasteiger partial charge >= 0.3 is 6.18 Å². The molecule has 3 aromatic rings. The zero-order valence-corrected chi connectivity index (χ0v) is 17.5. The molecule has 2 heterocycles. The molecular formula is C23H22F3N5O2. The lowest BCUT2D eigenvalue weighted by Crippen LogP contribution is -2.43. The molecule has 0 spiro atoms. The van der Waals surface area contributed by atoms with E-state index in [2.05, 4.69) is 20.5 Å². The van der Waals surface area contributed by atoms with Crippen molar-refractivity contribution in [3.8, 4) is 11.6 Å². The first-order valence-corrected chi connectivity index (χ1v) is 10.3. The van der Waals surface area contributed by atoms with Crippen LogP contribution in [0.15, 0.2) is 60.8 Å². The molecule has 1 aliphatic rings. The number of aromatic nitrogens is 1. The number of para-hydroxylation sites is 1. The van der Waals surface area contributed by atoms with E-state index in [4.69, 9.17) is 10.5 Å². The third-order valence-electron chi connectivity index (χ3n) is 5.19. The SMILES string of the molecule is NC(=O)c1ccccc1Nc1cc(Oc2ccc(N3CCNCC3)cc2)ncc1C(F)(F)F. The number of ether oxygens (including phenoxy) is 1. The Morgan fingerprint density at radius 3 is 2.42 bits per heavy atom. The molecule has 0 unspecified atom stereocenters. The maximum Gasteiger partial charge on any atom is 0.419 e. The maximum absolute atomic E-state index is 13.6. The summed E-state index contributed by atoms with van der Waals surface area (Å²) in [4.78, 5) is 17.7. The second-order valence-electron chi connectivity index (χ2n) is 7.43. The van der Waals surface area contributed by atoms with Crippen molar-refractivity contribution in [3.05, 3.63) is 71.9 Å². The number of nitrogens with zero attached hydrogens (tertiary/aromatic N) is 2. The Morgan fingerprint density at radius 1 is 1.06 bits per heavy atom. The largest absolute Gasteiger partial charge is 0.439 e. The molecule has 0 aliphatic carbocycles. The van der Waals surface area contributed by atoms with Gasteiger partial charge in [0, 0.05) is 44.1 Å². The van der Waals surface area contributed by atoms with Gasteiger partial charge in [-0.25, -0.2) is 4.98 Å². The number of anilines is 3. The van der Waals surface area contributed by atoms with Crippen LogP contribution < -0.4 is 26.0 Å². The highest BCUT2D eigenvalue weighted by atomic mass is 19.4. The third kappa shape index (κ3) is 5.35. The van der Waals surface area contributed by atoms with Gasteiger partial charge in [-0.3, -0.25) is 4.79 Å². The normalized spacial score (nSPS) is 14.1. The van der Waals surface area contributed by atoms with Crippen molar-refractivity contribution in [1.29, 1.82) is 0 Å². The minimum atomic E-state index is -4.67. The number of carbonyl (C=O) groups excluding carboxylic acids is 1. The van der Waals surface area contributed by atoms with Crippen LogP contribution in [-0.4, -0.2) is 37.1 Å². The summed E-state index contributed by atoms with van der Waals surface area (Å²) in [5, 5.41) is 5.94. The first kappa shape index (κ1) is 22.4. The second kappa shape index (κ2) is 9.37. The Kier molecular flexibility index (Phi) is 6.36. The molecule has 0 saturated carbocycles. The molecular weight excluding hydrogens is 435 g/mol. The van der Waals surface area contributed by atoms with Crippen LogP contribution >= 0.6 is 0 Å². The molecule has 33 heavy (non-hydrogen) atoms. The number of carbonyl (C=O) groups is 1. The first-order chi connectivity index (χ1) is 15.8. The smallest absolute Gasteiger partial charge is 0.419 e. The van der Waals surface area contributed by atoms with Gasteiger partial charge in [-0.1, -0.05) is 12.1 Å². The standard InChI is InChI=1S/C23H22F3N5O2/c24-23(25,26)18-14-29-21(13-20(18)30-19-4-2-1-3-17(19)22(27)32)33-16-7-5-15(6-8-16)31-11-9-28-10-12-31/h1-8,13-14,28H,9-12H2,(H2,27,32)(H,29,30). The van der Waals surface area contributed by atoms with Gasteiger partial charge in [-0.2, -0.15) is 13.2 Å². The third-order valence-corrected chi connectivity index (χ3v) is 5.19. The molecule has 4 N–H and O–H groups in total. The van der Waals surface area contributed by atoms with E-state index in [-0.39, 0.29) is 22.8 Å². The van der Waals surface area contributed by atoms with Gasteiger partial charge in [0.15, 0.2) is 0 Å². The van der Waals surface area contributed by atoms with E-state index in [9.17, 15) is 18.0 Å². The Labute approximate surface area is 188 Å². The average molecular weight is 457 g/mol. The molecule has 2 aromatic carbocycles. The number of rotatable bonds is 6. The van der Waals surface area contributed by atoms with Crippen molar-refractivity contribution in [2.45, 2.75) is 6.18 Å². The van der Waals surface area contributed by atoms with Gasteiger partial charge in [0.1, 0.15) is 5.75 Å². The van der Waals surface area contributed by atoms with Crippen molar-refractivity contribution >= 4 is 23.0 Å². The summed E-state index contributed by atoms with van der Waals surface area (Å²) in [5.41, 5.74) is 5.29. The molecule has 1 saturated heterocycles. The van der Waals surface area contributed by atoms with Crippen molar-refractivity contribution in [2.24, 2.45) is 5.73 Å². The summed E-state index contributed by atoms with van der Waals surface area (Å²) in [7, 11) is 0. The fourth-order valence-corrected chi connectivity index (χ4v) is 3.54. The van der Waals surface area contributed by atoms with Crippen molar-refractivity contribution < 1.29 is 22.7 Å². The number of benzene rings is 2. The Bertz CT molecular complexity index is 1130. The quantitative estimate of drug-likeness (QED) is 0.515. The molecule has 0 radical (unpaired) electrons. The Balaban J connectivity index is 1.59. The minimum Gasteiger partial charge on any atom is -0.439 e. The van der Waals surface area contributed by atoms with Crippen LogP contribution in [-0.2, 0) is 6.18 Å². The molecule has 0 bridgehead atoms. The van der Waals surface area contributed by atoms with Crippen LogP contribution in [0.2, 0.25) is 0 Å². The summed E-state index contributed by atoms with van der Waals surface area (Å²) in [6, 6.07) is 14.5. The predicted molar refractivity (Wildman–Crippen MR) is 119 cm³/mol. The number of alkyl halides is 3. The minimum absolute atomic E-state index is 0.0306. The number of pyridine rings is 1. The molecule has 172 valence electrons. The monoisotopic (exact) mass is 457 g/mol. The van der Waals surface area contributed by atoms with E-state index in [1.807, 2.05) is 12.1 Å². The number of amides is 1. The second-order valence-corrected chi connectivity index (χ2v) is 7.43. The number of piperazine rings is 1. The molecule has 7 nitrogen and oxygen atoms in total. The van der Waals surface area contributed by atoms with E-state index in [0.717, 1.165) is 37.9 Å². The fourth-order valence-electron chi connectivity index (χ4n) is 3.54. The van der Waals surface area contributed by atoms with Gasteiger partial charge in [-0.15, -0.1) is 0 Å². The van der Waals surface area contributed by atoms with Crippen LogP contribution in [0.4, 0.5) is 30.2 Å². The van der Waals surface area contributed by atoms with Gasteiger partial charge in [0.05, 0.1) is 22.5 Å². The highest BCUT2D eigenvalue weighted by Crippen LogP contribution is 2.38. The molecule has 1 aliphatic heterocycles. The van der Waals surface area contributed by atoms with Gasteiger partial charge < -0.3 is 26.0 Å². The highest BCUT2D eigenvalue weighted by molar-refractivity contribution is 5.99. The topological polar surface area (TPSA) is 92.5 Å². The van der Waals surface area contributed by atoms with Crippen molar-refractivity contribution in [1.82, 2.24) is 10.3 Å². The highest BCUT2D eigenvalue weighted by Gasteiger charge is 2.34. The van der Waals surface area contributed by atoms with Crippen LogP contribution in [0, 0.1) is 0 Å². The first-order valence-electron chi connectivity index (χ1n) is 10.3. The van der Waals surface area contributed by atoms with Crippen LogP contribution in [0.25, 0.3) is 0 Å². The summed E-state index contributed by atoms with van der Waals surface area (Å²) in [6.07, 6.45) is -3.97. The van der Waals surface area contributed by atoms with Gasteiger partial charge in [-0.05, 0) is 36.4 Å². The number of primary amides is 1. The van der Waals surface area contributed by atoms with Crippen molar-refractivity contribution in [2.75, 3.05) is 36.4 Å². The molecule has 4 rings (SSSR count). The van der Waals surface area contributed by atoms with Crippen LogP contribution in [0.3, 0.4) is 0 Å².